The van der Waals surface area contributed by atoms with Crippen molar-refractivity contribution in [1.29, 1.82) is 0 Å². The van der Waals surface area contributed by atoms with Crippen LogP contribution >= 0.6 is 11.3 Å². The van der Waals surface area contributed by atoms with Gasteiger partial charge in [-0.25, -0.2) is 0 Å². The Kier molecular flexibility index (Phi) is 4.80. The van der Waals surface area contributed by atoms with E-state index in [1.807, 2.05) is 41.9 Å². The third-order valence-electron chi connectivity index (χ3n) is 5.03. The predicted molar refractivity (Wildman–Crippen MR) is 103 cm³/mol. The van der Waals surface area contributed by atoms with Crippen LogP contribution in [0.2, 0.25) is 0 Å². The summed E-state index contributed by atoms with van der Waals surface area (Å²) in [6.45, 7) is 1.70. The largest absolute Gasteiger partial charge is 0.385 e. The molecule has 0 bridgehead atoms. The Morgan fingerprint density at radius 2 is 2.12 bits per heavy atom. The van der Waals surface area contributed by atoms with Crippen LogP contribution in [-0.4, -0.2) is 35.8 Å². The van der Waals surface area contributed by atoms with E-state index in [0.717, 1.165) is 26.9 Å². The van der Waals surface area contributed by atoms with Crippen molar-refractivity contribution in [3.63, 3.8) is 0 Å². The zero-order valence-corrected chi connectivity index (χ0v) is 15.3. The third-order valence-corrected chi connectivity index (χ3v) is 5.90. The number of thiophene rings is 1. The Labute approximate surface area is 156 Å². The van der Waals surface area contributed by atoms with Gasteiger partial charge in [0.2, 0.25) is 0 Å². The third kappa shape index (κ3) is 3.28. The number of nitrogens with one attached hydrogen (secondary N) is 2. The first-order valence-corrected chi connectivity index (χ1v) is 9.77. The van der Waals surface area contributed by atoms with Gasteiger partial charge < -0.3 is 20.1 Å². The number of amides is 1. The number of aromatic amines is 1. The first-order valence-electron chi connectivity index (χ1n) is 8.89. The first kappa shape index (κ1) is 17.3. The second-order valence-electron chi connectivity index (χ2n) is 6.67. The SMILES string of the molecule is O=C(NCCc1c[nH]c2cccc(C3(O)CCOCC3)c12)c1cccs1. The molecule has 1 fully saturated rings. The van der Waals surface area contributed by atoms with E-state index in [1.165, 1.54) is 11.3 Å². The van der Waals surface area contributed by atoms with Crippen molar-refractivity contribution in [1.82, 2.24) is 10.3 Å². The van der Waals surface area contributed by atoms with E-state index >= 15 is 0 Å². The van der Waals surface area contributed by atoms with Crippen LogP contribution in [0.15, 0.2) is 41.9 Å². The van der Waals surface area contributed by atoms with Crippen molar-refractivity contribution in [2.75, 3.05) is 19.8 Å². The normalized spacial score (nSPS) is 16.7. The van der Waals surface area contributed by atoms with Crippen LogP contribution in [0, 0.1) is 0 Å². The van der Waals surface area contributed by atoms with Gasteiger partial charge in [-0.3, -0.25) is 4.79 Å². The lowest BCUT2D eigenvalue weighted by atomic mass is 9.83. The van der Waals surface area contributed by atoms with Gasteiger partial charge >= 0.3 is 0 Å². The van der Waals surface area contributed by atoms with Crippen LogP contribution in [0.5, 0.6) is 0 Å². The molecule has 1 aliphatic heterocycles. The Hall–Kier alpha value is -2.15. The highest BCUT2D eigenvalue weighted by Crippen LogP contribution is 2.37. The highest BCUT2D eigenvalue weighted by Gasteiger charge is 2.33. The topological polar surface area (TPSA) is 74.4 Å². The van der Waals surface area contributed by atoms with Crippen molar-refractivity contribution in [2.45, 2.75) is 24.9 Å². The van der Waals surface area contributed by atoms with E-state index < -0.39 is 5.60 Å². The second-order valence-corrected chi connectivity index (χ2v) is 7.62. The van der Waals surface area contributed by atoms with Gasteiger partial charge in [-0.05, 0) is 35.1 Å². The lowest BCUT2D eigenvalue weighted by molar-refractivity contribution is -0.0670. The number of aliphatic hydroxyl groups is 1. The van der Waals surface area contributed by atoms with Crippen LogP contribution in [0.4, 0.5) is 0 Å². The number of carbonyl (C=O) groups excluding carboxylic acids is 1. The average molecular weight is 370 g/mol. The number of carbonyl (C=O) groups is 1. The minimum Gasteiger partial charge on any atom is -0.385 e. The van der Waals surface area contributed by atoms with Crippen LogP contribution in [0.3, 0.4) is 0 Å². The molecule has 1 aromatic carbocycles. The maximum absolute atomic E-state index is 12.1. The first-order chi connectivity index (χ1) is 12.7. The molecule has 136 valence electrons. The molecule has 0 saturated carbocycles. The van der Waals surface area contributed by atoms with Crippen molar-refractivity contribution >= 4 is 28.1 Å². The van der Waals surface area contributed by atoms with Gasteiger partial charge in [0.1, 0.15) is 0 Å². The van der Waals surface area contributed by atoms with Gasteiger partial charge in [-0.1, -0.05) is 18.2 Å². The number of aromatic nitrogens is 1. The molecule has 1 aliphatic rings. The minimum absolute atomic E-state index is 0.0388. The summed E-state index contributed by atoms with van der Waals surface area (Å²) in [6.07, 6.45) is 3.90. The number of H-pyrrole nitrogens is 1. The fourth-order valence-electron chi connectivity index (χ4n) is 3.62. The number of ether oxygens (including phenoxy) is 1. The van der Waals surface area contributed by atoms with Gasteiger partial charge in [0.15, 0.2) is 0 Å². The van der Waals surface area contributed by atoms with Crippen molar-refractivity contribution in [3.8, 4) is 0 Å². The molecule has 3 heterocycles. The Balaban J connectivity index is 1.55. The summed E-state index contributed by atoms with van der Waals surface area (Å²) < 4.78 is 5.42. The zero-order chi connectivity index (χ0) is 18.0. The summed E-state index contributed by atoms with van der Waals surface area (Å²) in [7, 11) is 0. The van der Waals surface area contributed by atoms with Gasteiger partial charge in [0.25, 0.3) is 5.91 Å². The molecule has 1 saturated heterocycles. The number of hydrogen-bond donors (Lipinski definition) is 3. The van der Waals surface area contributed by atoms with Crippen molar-refractivity contribution in [3.05, 3.63) is 57.9 Å². The summed E-state index contributed by atoms with van der Waals surface area (Å²) in [6, 6.07) is 9.71. The maximum Gasteiger partial charge on any atom is 0.261 e. The highest BCUT2D eigenvalue weighted by molar-refractivity contribution is 7.12. The molecule has 5 nitrogen and oxygen atoms in total. The molecular weight excluding hydrogens is 348 g/mol. The van der Waals surface area contributed by atoms with E-state index in [4.69, 9.17) is 4.74 Å². The molecule has 26 heavy (non-hydrogen) atoms. The van der Waals surface area contributed by atoms with Crippen LogP contribution in [0.25, 0.3) is 10.9 Å². The molecule has 1 amide bonds. The number of benzene rings is 1. The Morgan fingerprint density at radius 3 is 2.88 bits per heavy atom. The Bertz CT molecular complexity index is 895. The standard InChI is InChI=1S/C20H22N2O3S/c23-19(17-5-2-12-26-17)21-9-6-14-13-22-16-4-1-3-15(18(14)16)20(24)7-10-25-11-8-20/h1-5,12-13,22,24H,6-11H2,(H,21,23). The molecule has 3 aromatic rings. The van der Waals surface area contributed by atoms with E-state index in [2.05, 4.69) is 10.3 Å². The van der Waals surface area contributed by atoms with Crippen molar-refractivity contribution < 1.29 is 14.6 Å². The van der Waals surface area contributed by atoms with Crippen LogP contribution in [-0.2, 0) is 16.8 Å². The second kappa shape index (κ2) is 7.23. The number of fused-ring (bicyclic) bond motifs is 1. The van der Waals surface area contributed by atoms with E-state index in [0.29, 0.717) is 39.0 Å². The maximum atomic E-state index is 12.1. The van der Waals surface area contributed by atoms with E-state index in [-0.39, 0.29) is 5.91 Å². The molecule has 2 aromatic heterocycles. The monoisotopic (exact) mass is 370 g/mol. The summed E-state index contributed by atoms with van der Waals surface area (Å²) >= 11 is 1.44. The number of hydrogen-bond acceptors (Lipinski definition) is 4. The van der Waals surface area contributed by atoms with Gasteiger partial charge in [-0.2, -0.15) is 0 Å². The lowest BCUT2D eigenvalue weighted by Crippen LogP contribution is -2.33. The van der Waals surface area contributed by atoms with E-state index in [1.54, 1.807) is 0 Å². The average Bonchev–Trinajstić information content (AvgIpc) is 3.32. The van der Waals surface area contributed by atoms with Crippen molar-refractivity contribution in [2.24, 2.45) is 0 Å². The molecular formula is C20H22N2O3S. The van der Waals surface area contributed by atoms with Crippen LogP contribution in [0.1, 0.15) is 33.6 Å². The van der Waals surface area contributed by atoms with Gasteiger partial charge in [0, 0.05) is 49.7 Å². The molecule has 0 radical (unpaired) electrons. The van der Waals surface area contributed by atoms with Gasteiger partial charge in [0.05, 0.1) is 10.5 Å². The molecule has 0 atom stereocenters. The fraction of sp³-hybridized carbons (Fsp3) is 0.350. The predicted octanol–water partition coefficient (Wildman–Crippen LogP) is 3.20. The molecule has 0 spiro atoms. The van der Waals surface area contributed by atoms with Gasteiger partial charge in [-0.15, -0.1) is 11.3 Å². The molecule has 6 heteroatoms. The molecule has 0 unspecified atom stereocenters. The molecule has 3 N–H and O–H groups in total. The minimum atomic E-state index is -0.852. The summed E-state index contributed by atoms with van der Waals surface area (Å²) in [5.41, 5.74) is 2.23. The Morgan fingerprint density at radius 1 is 1.27 bits per heavy atom. The summed E-state index contributed by atoms with van der Waals surface area (Å²) in [4.78, 5) is 16.1. The molecule has 0 aliphatic carbocycles. The summed E-state index contributed by atoms with van der Waals surface area (Å²) in [5.74, 6) is -0.0388. The number of rotatable bonds is 5. The van der Waals surface area contributed by atoms with E-state index in [9.17, 15) is 9.90 Å². The fourth-order valence-corrected chi connectivity index (χ4v) is 4.26. The van der Waals surface area contributed by atoms with Crippen LogP contribution < -0.4 is 5.32 Å². The zero-order valence-electron chi connectivity index (χ0n) is 14.5. The smallest absolute Gasteiger partial charge is 0.261 e. The summed E-state index contributed by atoms with van der Waals surface area (Å²) in [5, 5.41) is 17.1. The highest BCUT2D eigenvalue weighted by atomic mass is 32.1. The lowest BCUT2D eigenvalue weighted by Gasteiger charge is -2.33. The molecule has 4 rings (SSSR count). The quantitative estimate of drug-likeness (QED) is 0.646.